The van der Waals surface area contributed by atoms with E-state index >= 15 is 0 Å². The van der Waals surface area contributed by atoms with Crippen LogP contribution in [0.2, 0.25) is 0 Å². The SMILES string of the molecule is CS(=O)(=O)c1ccc(-c2cccc(CCc3ccon3)n2)cc1. The fourth-order valence-electron chi connectivity index (χ4n) is 2.28. The zero-order valence-corrected chi connectivity index (χ0v) is 13.5. The molecule has 2 heterocycles. The maximum absolute atomic E-state index is 11.5. The molecule has 0 N–H and O–H groups in total. The molecule has 5 nitrogen and oxygen atoms in total. The fraction of sp³-hybridized carbons (Fsp3) is 0.176. The molecule has 0 aliphatic carbocycles. The Bertz CT molecular complexity index is 886. The Morgan fingerprint density at radius 1 is 0.957 bits per heavy atom. The van der Waals surface area contributed by atoms with Crippen molar-refractivity contribution in [2.45, 2.75) is 17.7 Å². The summed E-state index contributed by atoms with van der Waals surface area (Å²) in [6.45, 7) is 0. The molecule has 118 valence electrons. The molecule has 0 saturated heterocycles. The third-order valence-corrected chi connectivity index (χ3v) is 4.64. The lowest BCUT2D eigenvalue weighted by molar-refractivity contribution is 0.411. The van der Waals surface area contributed by atoms with E-state index < -0.39 is 9.84 Å². The third kappa shape index (κ3) is 3.84. The fourth-order valence-corrected chi connectivity index (χ4v) is 2.91. The quantitative estimate of drug-likeness (QED) is 0.720. The highest BCUT2D eigenvalue weighted by atomic mass is 32.2. The van der Waals surface area contributed by atoms with E-state index in [1.807, 2.05) is 24.3 Å². The highest BCUT2D eigenvalue weighted by Crippen LogP contribution is 2.20. The van der Waals surface area contributed by atoms with Crippen molar-refractivity contribution in [3.8, 4) is 11.3 Å². The van der Waals surface area contributed by atoms with Crippen molar-refractivity contribution >= 4 is 9.84 Å². The van der Waals surface area contributed by atoms with E-state index in [1.54, 1.807) is 30.5 Å². The molecule has 6 heteroatoms. The second-order valence-corrected chi connectivity index (χ2v) is 7.32. The van der Waals surface area contributed by atoms with Crippen LogP contribution in [0.1, 0.15) is 11.4 Å². The normalized spacial score (nSPS) is 11.5. The van der Waals surface area contributed by atoms with Gasteiger partial charge in [-0.3, -0.25) is 4.98 Å². The van der Waals surface area contributed by atoms with Gasteiger partial charge in [0.25, 0.3) is 0 Å². The topological polar surface area (TPSA) is 73.1 Å². The summed E-state index contributed by atoms with van der Waals surface area (Å²) in [4.78, 5) is 4.94. The molecular formula is C17H16N2O3S. The summed E-state index contributed by atoms with van der Waals surface area (Å²) in [5.41, 5.74) is 3.57. The monoisotopic (exact) mass is 328 g/mol. The Labute approximate surface area is 134 Å². The summed E-state index contributed by atoms with van der Waals surface area (Å²) in [5.74, 6) is 0. The first kappa shape index (κ1) is 15.4. The van der Waals surface area contributed by atoms with Gasteiger partial charge in [0.2, 0.25) is 0 Å². The molecule has 0 spiro atoms. The number of aryl methyl sites for hydroxylation is 2. The van der Waals surface area contributed by atoms with Gasteiger partial charge in [-0.25, -0.2) is 8.42 Å². The molecule has 3 aromatic rings. The van der Waals surface area contributed by atoms with E-state index in [0.717, 1.165) is 35.5 Å². The number of hydrogen-bond acceptors (Lipinski definition) is 5. The average molecular weight is 328 g/mol. The molecular weight excluding hydrogens is 312 g/mol. The lowest BCUT2D eigenvalue weighted by Gasteiger charge is -2.05. The van der Waals surface area contributed by atoms with Gasteiger partial charge >= 0.3 is 0 Å². The standard InChI is InChI=1S/C17H16N2O3S/c1-23(20,21)16-9-5-13(6-10-16)17-4-2-3-14(18-17)7-8-15-11-12-22-19-15/h2-6,9-12H,7-8H2,1H3. The van der Waals surface area contributed by atoms with Gasteiger partial charge in [-0.05, 0) is 37.1 Å². The first-order valence-corrected chi connectivity index (χ1v) is 9.07. The summed E-state index contributed by atoms with van der Waals surface area (Å²) < 4.78 is 27.8. The highest BCUT2D eigenvalue weighted by Gasteiger charge is 2.08. The van der Waals surface area contributed by atoms with Crippen LogP contribution in [0.5, 0.6) is 0 Å². The van der Waals surface area contributed by atoms with E-state index in [4.69, 9.17) is 4.52 Å². The van der Waals surface area contributed by atoms with E-state index in [0.29, 0.717) is 4.90 Å². The number of nitrogens with zero attached hydrogens (tertiary/aromatic N) is 2. The number of rotatable bonds is 5. The van der Waals surface area contributed by atoms with Crippen LogP contribution in [0, 0.1) is 0 Å². The zero-order valence-electron chi connectivity index (χ0n) is 12.6. The number of benzene rings is 1. The van der Waals surface area contributed by atoms with Gasteiger partial charge < -0.3 is 4.52 Å². The van der Waals surface area contributed by atoms with Crippen molar-refractivity contribution in [3.05, 3.63) is 66.2 Å². The van der Waals surface area contributed by atoms with Crippen LogP contribution >= 0.6 is 0 Å². The second-order valence-electron chi connectivity index (χ2n) is 5.30. The van der Waals surface area contributed by atoms with E-state index in [2.05, 4.69) is 10.1 Å². The van der Waals surface area contributed by atoms with Crippen molar-refractivity contribution in [1.82, 2.24) is 10.1 Å². The van der Waals surface area contributed by atoms with Crippen LogP contribution in [0.4, 0.5) is 0 Å². The molecule has 3 rings (SSSR count). The van der Waals surface area contributed by atoms with Crippen molar-refractivity contribution < 1.29 is 12.9 Å². The van der Waals surface area contributed by atoms with Crippen LogP contribution in [0.3, 0.4) is 0 Å². The summed E-state index contributed by atoms with van der Waals surface area (Å²) in [5, 5.41) is 3.88. The van der Waals surface area contributed by atoms with Gasteiger partial charge in [0.1, 0.15) is 6.26 Å². The Morgan fingerprint density at radius 2 is 1.70 bits per heavy atom. The molecule has 0 unspecified atom stereocenters. The lowest BCUT2D eigenvalue weighted by Crippen LogP contribution is -1.98. The molecule has 2 aromatic heterocycles. The molecule has 0 aliphatic heterocycles. The summed E-state index contributed by atoms with van der Waals surface area (Å²) in [7, 11) is -3.18. The maximum atomic E-state index is 11.5. The minimum Gasteiger partial charge on any atom is -0.365 e. The molecule has 0 atom stereocenters. The van der Waals surface area contributed by atoms with Gasteiger partial charge in [0.05, 0.1) is 16.3 Å². The van der Waals surface area contributed by atoms with Crippen LogP contribution in [-0.2, 0) is 22.7 Å². The largest absolute Gasteiger partial charge is 0.365 e. The Morgan fingerprint density at radius 3 is 2.35 bits per heavy atom. The van der Waals surface area contributed by atoms with Crippen LogP contribution in [0.15, 0.2) is 64.2 Å². The number of hydrogen-bond donors (Lipinski definition) is 0. The molecule has 0 fully saturated rings. The summed E-state index contributed by atoms with van der Waals surface area (Å²) >= 11 is 0. The minimum atomic E-state index is -3.18. The van der Waals surface area contributed by atoms with E-state index in [9.17, 15) is 8.42 Å². The third-order valence-electron chi connectivity index (χ3n) is 3.51. The summed E-state index contributed by atoms with van der Waals surface area (Å²) in [6.07, 6.45) is 4.29. The molecule has 1 aromatic carbocycles. The maximum Gasteiger partial charge on any atom is 0.175 e. The molecule has 0 saturated carbocycles. The predicted molar refractivity (Wildman–Crippen MR) is 86.7 cm³/mol. The Kier molecular flexibility index (Phi) is 4.25. The number of aromatic nitrogens is 2. The van der Waals surface area contributed by atoms with Crippen LogP contribution in [-0.4, -0.2) is 24.8 Å². The molecule has 0 radical (unpaired) electrons. The smallest absolute Gasteiger partial charge is 0.175 e. The molecule has 0 amide bonds. The lowest BCUT2D eigenvalue weighted by atomic mass is 10.1. The highest BCUT2D eigenvalue weighted by molar-refractivity contribution is 7.90. The summed E-state index contributed by atoms with van der Waals surface area (Å²) in [6, 6.07) is 14.4. The van der Waals surface area contributed by atoms with Crippen molar-refractivity contribution in [2.24, 2.45) is 0 Å². The first-order chi connectivity index (χ1) is 11.0. The Balaban J connectivity index is 1.79. The van der Waals surface area contributed by atoms with Crippen LogP contribution < -0.4 is 0 Å². The van der Waals surface area contributed by atoms with Crippen molar-refractivity contribution in [1.29, 1.82) is 0 Å². The van der Waals surface area contributed by atoms with Gasteiger partial charge in [-0.2, -0.15) is 0 Å². The van der Waals surface area contributed by atoms with E-state index in [1.165, 1.54) is 6.26 Å². The number of sulfone groups is 1. The molecule has 0 aliphatic rings. The zero-order chi connectivity index (χ0) is 16.3. The second kappa shape index (κ2) is 6.34. The van der Waals surface area contributed by atoms with Crippen LogP contribution in [0.25, 0.3) is 11.3 Å². The first-order valence-electron chi connectivity index (χ1n) is 7.18. The Hall–Kier alpha value is -2.47. The van der Waals surface area contributed by atoms with Crippen molar-refractivity contribution in [3.63, 3.8) is 0 Å². The minimum absolute atomic E-state index is 0.309. The van der Waals surface area contributed by atoms with Gasteiger partial charge in [0.15, 0.2) is 9.84 Å². The predicted octanol–water partition coefficient (Wildman–Crippen LogP) is 2.93. The van der Waals surface area contributed by atoms with Gasteiger partial charge in [-0.15, -0.1) is 0 Å². The molecule has 23 heavy (non-hydrogen) atoms. The number of pyridine rings is 1. The average Bonchev–Trinajstić information content (AvgIpc) is 3.06. The molecule has 0 bridgehead atoms. The van der Waals surface area contributed by atoms with Gasteiger partial charge in [-0.1, -0.05) is 23.4 Å². The van der Waals surface area contributed by atoms with Crippen molar-refractivity contribution in [2.75, 3.05) is 6.26 Å². The van der Waals surface area contributed by atoms with E-state index in [-0.39, 0.29) is 0 Å². The van der Waals surface area contributed by atoms with Gasteiger partial charge in [0, 0.05) is 23.6 Å².